The van der Waals surface area contributed by atoms with E-state index in [1.165, 1.54) is 6.26 Å². The molecule has 5 heteroatoms. The predicted octanol–water partition coefficient (Wildman–Crippen LogP) is 2.23. The van der Waals surface area contributed by atoms with Gasteiger partial charge in [0, 0.05) is 10.7 Å². The summed E-state index contributed by atoms with van der Waals surface area (Å²) >= 11 is 3.34. The van der Waals surface area contributed by atoms with Crippen molar-refractivity contribution in [1.82, 2.24) is 0 Å². The van der Waals surface area contributed by atoms with Crippen LogP contribution in [0.15, 0.2) is 22.7 Å². The number of rotatable bonds is 4. The van der Waals surface area contributed by atoms with Crippen LogP contribution in [-0.2, 0) is 9.84 Å². The third kappa shape index (κ3) is 4.23. The maximum Gasteiger partial charge on any atom is 0.147 e. The molecule has 1 aromatic rings. The average Bonchev–Trinajstić information content (AvgIpc) is 2.17. The summed E-state index contributed by atoms with van der Waals surface area (Å²) in [6.07, 6.45) is 0.648. The van der Waals surface area contributed by atoms with E-state index in [-0.39, 0.29) is 12.2 Å². The van der Waals surface area contributed by atoms with Crippen LogP contribution < -0.4 is 0 Å². The van der Waals surface area contributed by atoms with Crippen molar-refractivity contribution >= 4 is 25.8 Å². The second-order valence-electron chi connectivity index (χ2n) is 3.96. The van der Waals surface area contributed by atoms with Crippen LogP contribution in [0.2, 0.25) is 0 Å². The van der Waals surface area contributed by atoms with Crippen LogP contribution in [0.5, 0.6) is 0 Å². The lowest BCUT2D eigenvalue weighted by Gasteiger charge is -2.13. The van der Waals surface area contributed by atoms with E-state index in [0.717, 1.165) is 15.6 Å². The summed E-state index contributed by atoms with van der Waals surface area (Å²) in [5.41, 5.74) is 1.78. The standard InChI is InChI=1S/C11H15BrO3S/c1-8-3-4-10(12)9(7-8)11(13)5-6-16(2,14)15/h3-4,7,11,13H,5-6H2,1-2H3. The van der Waals surface area contributed by atoms with Gasteiger partial charge in [0.1, 0.15) is 9.84 Å². The van der Waals surface area contributed by atoms with E-state index in [1.807, 2.05) is 25.1 Å². The molecule has 1 unspecified atom stereocenters. The molecule has 90 valence electrons. The highest BCUT2D eigenvalue weighted by Gasteiger charge is 2.14. The van der Waals surface area contributed by atoms with Gasteiger partial charge in [0.05, 0.1) is 11.9 Å². The Morgan fingerprint density at radius 1 is 1.44 bits per heavy atom. The van der Waals surface area contributed by atoms with Gasteiger partial charge in [0.25, 0.3) is 0 Å². The van der Waals surface area contributed by atoms with Gasteiger partial charge in [-0.05, 0) is 25.0 Å². The quantitative estimate of drug-likeness (QED) is 0.928. The van der Waals surface area contributed by atoms with Crippen molar-refractivity contribution in [2.24, 2.45) is 0 Å². The van der Waals surface area contributed by atoms with Crippen molar-refractivity contribution in [3.05, 3.63) is 33.8 Å². The second kappa shape index (κ2) is 5.29. The van der Waals surface area contributed by atoms with Gasteiger partial charge >= 0.3 is 0 Å². The molecule has 0 heterocycles. The number of sulfone groups is 1. The summed E-state index contributed by atoms with van der Waals surface area (Å²) in [5, 5.41) is 9.89. The van der Waals surface area contributed by atoms with Crippen molar-refractivity contribution in [2.45, 2.75) is 19.4 Å². The fraction of sp³-hybridized carbons (Fsp3) is 0.455. The molecule has 0 radical (unpaired) electrons. The molecule has 0 bridgehead atoms. The lowest BCUT2D eigenvalue weighted by molar-refractivity contribution is 0.173. The number of hydrogen-bond donors (Lipinski definition) is 1. The third-order valence-corrected chi connectivity index (χ3v) is 3.97. The van der Waals surface area contributed by atoms with E-state index in [1.54, 1.807) is 0 Å². The smallest absolute Gasteiger partial charge is 0.147 e. The first-order valence-corrected chi connectivity index (χ1v) is 7.77. The minimum atomic E-state index is -3.03. The molecule has 1 N–H and O–H groups in total. The SMILES string of the molecule is Cc1ccc(Br)c(C(O)CCS(C)(=O)=O)c1. The summed E-state index contributed by atoms with van der Waals surface area (Å²) < 4.78 is 22.8. The Morgan fingerprint density at radius 2 is 2.06 bits per heavy atom. The van der Waals surface area contributed by atoms with E-state index in [4.69, 9.17) is 0 Å². The van der Waals surface area contributed by atoms with E-state index in [0.29, 0.717) is 0 Å². The molecule has 0 aliphatic heterocycles. The van der Waals surface area contributed by atoms with Crippen LogP contribution >= 0.6 is 15.9 Å². The Hall–Kier alpha value is -0.390. The maximum atomic E-state index is 11.0. The van der Waals surface area contributed by atoms with Gasteiger partial charge in [-0.25, -0.2) is 8.42 Å². The molecule has 3 nitrogen and oxygen atoms in total. The predicted molar refractivity (Wildman–Crippen MR) is 68.2 cm³/mol. The lowest BCUT2D eigenvalue weighted by atomic mass is 10.1. The molecule has 0 spiro atoms. The normalized spacial score (nSPS) is 13.8. The van der Waals surface area contributed by atoms with E-state index >= 15 is 0 Å². The first kappa shape index (κ1) is 13.7. The zero-order valence-electron chi connectivity index (χ0n) is 9.27. The number of aliphatic hydroxyl groups is 1. The van der Waals surface area contributed by atoms with Crippen LogP contribution in [0.3, 0.4) is 0 Å². The first-order valence-electron chi connectivity index (χ1n) is 4.91. The van der Waals surface area contributed by atoms with Gasteiger partial charge in [-0.15, -0.1) is 0 Å². The molecule has 0 aliphatic carbocycles. The highest BCUT2D eigenvalue weighted by molar-refractivity contribution is 9.10. The van der Waals surface area contributed by atoms with Crippen molar-refractivity contribution in [3.63, 3.8) is 0 Å². The molecule has 0 aromatic heterocycles. The van der Waals surface area contributed by atoms with Crippen LogP contribution in [-0.4, -0.2) is 25.5 Å². The third-order valence-electron chi connectivity index (χ3n) is 2.27. The number of halogens is 1. The molecule has 0 saturated heterocycles. The molecule has 0 fully saturated rings. The molecular weight excluding hydrogens is 292 g/mol. The highest BCUT2D eigenvalue weighted by atomic mass is 79.9. The van der Waals surface area contributed by atoms with Gasteiger partial charge in [-0.2, -0.15) is 0 Å². The molecule has 1 atom stereocenters. The van der Waals surface area contributed by atoms with Gasteiger partial charge in [-0.3, -0.25) is 0 Å². The van der Waals surface area contributed by atoms with Gasteiger partial charge < -0.3 is 5.11 Å². The molecule has 0 saturated carbocycles. The Bertz CT molecular complexity index is 468. The number of benzene rings is 1. The lowest BCUT2D eigenvalue weighted by Crippen LogP contribution is -2.09. The fourth-order valence-electron chi connectivity index (χ4n) is 1.40. The summed E-state index contributed by atoms with van der Waals surface area (Å²) in [6, 6.07) is 5.64. The molecular formula is C11H15BrO3S. The fourth-order valence-corrected chi connectivity index (χ4v) is 2.56. The molecule has 1 rings (SSSR count). The van der Waals surface area contributed by atoms with Crippen molar-refractivity contribution in [2.75, 3.05) is 12.0 Å². The molecule has 16 heavy (non-hydrogen) atoms. The highest BCUT2D eigenvalue weighted by Crippen LogP contribution is 2.26. The number of hydrogen-bond acceptors (Lipinski definition) is 3. The first-order chi connectivity index (χ1) is 7.29. The largest absolute Gasteiger partial charge is 0.388 e. The van der Waals surface area contributed by atoms with E-state index in [2.05, 4.69) is 15.9 Å². The molecule has 0 aliphatic rings. The van der Waals surface area contributed by atoms with Crippen LogP contribution in [0.25, 0.3) is 0 Å². The molecule has 0 amide bonds. The minimum Gasteiger partial charge on any atom is -0.388 e. The molecule has 1 aromatic carbocycles. The number of aryl methyl sites for hydroxylation is 1. The zero-order chi connectivity index (χ0) is 12.3. The van der Waals surface area contributed by atoms with E-state index in [9.17, 15) is 13.5 Å². The van der Waals surface area contributed by atoms with Crippen LogP contribution in [0, 0.1) is 6.92 Å². The Labute approximate surface area is 105 Å². The van der Waals surface area contributed by atoms with Gasteiger partial charge in [0.15, 0.2) is 0 Å². The number of aliphatic hydroxyl groups excluding tert-OH is 1. The average molecular weight is 307 g/mol. The van der Waals surface area contributed by atoms with E-state index < -0.39 is 15.9 Å². The van der Waals surface area contributed by atoms with Crippen molar-refractivity contribution in [3.8, 4) is 0 Å². The van der Waals surface area contributed by atoms with Crippen LogP contribution in [0.4, 0.5) is 0 Å². The summed E-state index contributed by atoms with van der Waals surface area (Å²) in [4.78, 5) is 0. The van der Waals surface area contributed by atoms with Gasteiger partial charge in [-0.1, -0.05) is 33.6 Å². The Morgan fingerprint density at radius 3 is 2.62 bits per heavy atom. The second-order valence-corrected chi connectivity index (χ2v) is 7.07. The van der Waals surface area contributed by atoms with Crippen molar-refractivity contribution < 1.29 is 13.5 Å². The van der Waals surface area contributed by atoms with Crippen molar-refractivity contribution in [1.29, 1.82) is 0 Å². The van der Waals surface area contributed by atoms with Crippen LogP contribution in [0.1, 0.15) is 23.7 Å². The summed E-state index contributed by atoms with van der Waals surface area (Å²) in [5.74, 6) is -0.00541. The topological polar surface area (TPSA) is 54.4 Å². The van der Waals surface area contributed by atoms with Gasteiger partial charge in [0.2, 0.25) is 0 Å². The Balaban J connectivity index is 2.80. The summed E-state index contributed by atoms with van der Waals surface area (Å²) in [6.45, 7) is 1.93. The maximum absolute atomic E-state index is 11.0. The summed E-state index contributed by atoms with van der Waals surface area (Å²) in [7, 11) is -3.03. The zero-order valence-corrected chi connectivity index (χ0v) is 11.7. The monoisotopic (exact) mass is 306 g/mol. The Kier molecular flexibility index (Phi) is 4.52. The minimum absolute atomic E-state index is 0.00541.